The number of aliphatic hydroxyl groups is 1. The number of likely N-dealkylation sites (N-methyl/N-ethyl adjacent to an activating group) is 1. The molecule has 54 heavy (non-hydrogen) atoms. The van der Waals surface area contributed by atoms with Crippen LogP contribution in [0.1, 0.15) is 78.5 Å². The van der Waals surface area contributed by atoms with Gasteiger partial charge < -0.3 is 35.2 Å². The molecule has 7 unspecified atom stereocenters. The smallest absolute Gasteiger partial charge is 0.332 e. The number of rotatable bonds is 7. The van der Waals surface area contributed by atoms with E-state index in [0.29, 0.717) is 34.0 Å². The van der Waals surface area contributed by atoms with E-state index in [1.165, 1.54) is 24.8 Å². The minimum atomic E-state index is -1.79. The van der Waals surface area contributed by atoms with E-state index in [4.69, 9.17) is 9.47 Å². The van der Waals surface area contributed by atoms with Crippen LogP contribution in [-0.2, 0) is 35.1 Å². The molecule has 2 aromatic carbocycles. The lowest BCUT2D eigenvalue weighted by atomic mass is 9.94. The highest BCUT2D eigenvalue weighted by atomic mass is 79.9. The van der Waals surface area contributed by atoms with E-state index in [-0.39, 0.29) is 36.0 Å². The molecule has 0 saturated carbocycles. The standard InChI is InChI=1S/C42H56BrN3O8/c1-10-25(2)35-39(49)44-32(24-29-20-21-33(47)31(43)23-29)38(48)45-37(42(6,7)52)41(51)54-36(30-17-12-11-13-18-30)27(4)16-14-15-26(3)34(53-9)22-19-28(5)40(50)46(35)8/h11-21,23,25,27,32,34-37,47,52H,10,22,24H2,1-9H3,(H,44,49)(H,45,48). The Morgan fingerprint density at radius 1 is 1.06 bits per heavy atom. The van der Waals surface area contributed by atoms with Gasteiger partial charge in [-0.25, -0.2) is 4.79 Å². The number of benzene rings is 2. The SMILES string of the molecule is CCC(C)C1C(=O)NC(Cc2ccc(O)c(Br)c2)C(=O)NC(C(C)(C)O)C(=O)OC(c2ccccc2)C(C)C=CC=C(C)C(OC)CC=C(C)C(=O)N1C. The van der Waals surface area contributed by atoms with Crippen LogP contribution in [0.3, 0.4) is 0 Å². The fraction of sp³-hybridized carbons (Fsp3) is 0.476. The summed E-state index contributed by atoms with van der Waals surface area (Å²) in [5.41, 5.74) is 0.840. The highest BCUT2D eigenvalue weighted by Crippen LogP contribution is 2.30. The normalized spacial score (nSPS) is 25.1. The second kappa shape index (κ2) is 19.9. The first-order chi connectivity index (χ1) is 25.4. The number of amides is 3. The van der Waals surface area contributed by atoms with Crippen molar-refractivity contribution < 1.29 is 38.9 Å². The Bertz CT molecular complexity index is 1720. The van der Waals surface area contributed by atoms with Crippen LogP contribution in [0, 0.1) is 11.8 Å². The number of methoxy groups -OCH3 is 1. The number of phenols is 1. The summed E-state index contributed by atoms with van der Waals surface area (Å²) >= 11 is 3.31. The van der Waals surface area contributed by atoms with Crippen LogP contribution in [0.5, 0.6) is 5.75 Å². The van der Waals surface area contributed by atoms with Gasteiger partial charge in [0.15, 0.2) is 6.04 Å². The number of carbonyl (C=O) groups excluding carboxylic acids is 4. The minimum absolute atomic E-state index is 0.0100. The molecule has 0 saturated heterocycles. The average Bonchev–Trinajstić information content (AvgIpc) is 3.12. The highest BCUT2D eigenvalue weighted by molar-refractivity contribution is 9.10. The molecule has 4 N–H and O–H groups in total. The first-order valence-electron chi connectivity index (χ1n) is 18.3. The molecule has 12 heteroatoms. The lowest BCUT2D eigenvalue weighted by Gasteiger charge is -2.34. The molecule has 0 bridgehead atoms. The maximum Gasteiger partial charge on any atom is 0.332 e. The largest absolute Gasteiger partial charge is 0.507 e. The number of nitrogens with one attached hydrogen (secondary N) is 2. The Morgan fingerprint density at radius 3 is 2.31 bits per heavy atom. The van der Waals surface area contributed by atoms with Crippen LogP contribution in [0.15, 0.2) is 88.5 Å². The predicted octanol–water partition coefficient (Wildman–Crippen LogP) is 6.10. The minimum Gasteiger partial charge on any atom is -0.507 e. The van der Waals surface area contributed by atoms with Crippen molar-refractivity contribution >= 4 is 39.6 Å². The zero-order valence-electron chi connectivity index (χ0n) is 32.8. The average molecular weight is 811 g/mol. The van der Waals surface area contributed by atoms with Crippen LogP contribution in [0.4, 0.5) is 0 Å². The zero-order valence-corrected chi connectivity index (χ0v) is 34.3. The quantitative estimate of drug-likeness (QED) is 0.245. The second-order valence-electron chi connectivity index (χ2n) is 14.7. The number of carbonyl (C=O) groups is 4. The van der Waals surface area contributed by atoms with Crippen LogP contribution in [-0.4, -0.2) is 82.8 Å². The molecule has 0 aliphatic carbocycles. The molecule has 3 amide bonds. The molecule has 1 heterocycles. The number of aromatic hydroxyl groups is 1. The van der Waals surface area contributed by atoms with Gasteiger partial charge in [0, 0.05) is 32.1 Å². The number of nitrogens with zero attached hydrogens (tertiary/aromatic N) is 1. The van der Waals surface area contributed by atoms with Crippen molar-refractivity contribution in [3.05, 3.63) is 99.6 Å². The zero-order chi connectivity index (χ0) is 40.3. The topological polar surface area (TPSA) is 155 Å². The van der Waals surface area contributed by atoms with Crippen molar-refractivity contribution in [1.82, 2.24) is 15.5 Å². The van der Waals surface area contributed by atoms with Crippen LogP contribution >= 0.6 is 15.9 Å². The molecule has 0 spiro atoms. The maximum atomic E-state index is 14.3. The summed E-state index contributed by atoms with van der Waals surface area (Å²) < 4.78 is 12.3. The van der Waals surface area contributed by atoms with Crippen molar-refractivity contribution in [3.8, 4) is 5.75 Å². The molecule has 0 fully saturated rings. The number of ether oxygens (including phenoxy) is 2. The fourth-order valence-electron chi connectivity index (χ4n) is 6.33. The first kappa shape index (κ1) is 44.1. The number of hydrogen-bond donors (Lipinski definition) is 4. The molecule has 3 rings (SSSR count). The summed E-state index contributed by atoms with van der Waals surface area (Å²) in [5.74, 6) is -3.22. The molecule has 0 aromatic heterocycles. The Hall–Kier alpha value is -4.26. The van der Waals surface area contributed by atoms with E-state index in [1.807, 2.05) is 76.3 Å². The number of allylic oxidation sites excluding steroid dienone is 2. The Kier molecular flexibility index (Phi) is 16.3. The van der Waals surface area contributed by atoms with Crippen molar-refractivity contribution in [2.75, 3.05) is 14.2 Å². The Balaban J connectivity index is 2.19. The van der Waals surface area contributed by atoms with Gasteiger partial charge in [0.2, 0.25) is 17.7 Å². The summed E-state index contributed by atoms with van der Waals surface area (Å²) in [5, 5.41) is 26.9. The van der Waals surface area contributed by atoms with Gasteiger partial charge in [-0.2, -0.15) is 0 Å². The Labute approximate surface area is 328 Å². The molecule has 2 aromatic rings. The van der Waals surface area contributed by atoms with Crippen molar-refractivity contribution in [3.63, 3.8) is 0 Å². The molecule has 294 valence electrons. The number of cyclic esters (lactones) is 1. The third kappa shape index (κ3) is 11.9. The fourth-order valence-corrected chi connectivity index (χ4v) is 6.76. The number of hydrogen-bond acceptors (Lipinski definition) is 8. The predicted molar refractivity (Wildman–Crippen MR) is 212 cm³/mol. The molecular formula is C42H56BrN3O8. The molecule has 11 nitrogen and oxygen atoms in total. The van der Waals surface area contributed by atoms with E-state index in [9.17, 15) is 29.4 Å². The first-order valence-corrected chi connectivity index (χ1v) is 19.1. The molecule has 1 aliphatic rings. The number of esters is 1. The van der Waals surface area contributed by atoms with E-state index >= 15 is 0 Å². The lowest BCUT2D eigenvalue weighted by molar-refractivity contribution is -0.162. The third-order valence-corrected chi connectivity index (χ3v) is 10.5. The maximum absolute atomic E-state index is 14.3. The van der Waals surface area contributed by atoms with E-state index < -0.39 is 47.6 Å². The summed E-state index contributed by atoms with van der Waals surface area (Å²) in [6, 6.07) is 10.1. The van der Waals surface area contributed by atoms with Gasteiger partial charge >= 0.3 is 5.97 Å². The summed E-state index contributed by atoms with van der Waals surface area (Å²) in [6.07, 6.45) is 7.25. The van der Waals surface area contributed by atoms with Crippen LogP contribution in [0.25, 0.3) is 0 Å². The monoisotopic (exact) mass is 809 g/mol. The molecule has 1 aliphatic heterocycles. The second-order valence-corrected chi connectivity index (χ2v) is 15.5. The van der Waals surface area contributed by atoms with Crippen molar-refractivity contribution in [1.29, 1.82) is 0 Å². The molecule has 0 radical (unpaired) electrons. The van der Waals surface area contributed by atoms with Gasteiger partial charge in [-0.1, -0.05) is 87.9 Å². The van der Waals surface area contributed by atoms with Crippen LogP contribution in [0.2, 0.25) is 0 Å². The van der Waals surface area contributed by atoms with Gasteiger partial charge in [0.25, 0.3) is 0 Å². The van der Waals surface area contributed by atoms with Gasteiger partial charge in [-0.3, -0.25) is 14.4 Å². The van der Waals surface area contributed by atoms with Gasteiger partial charge in [0.05, 0.1) is 16.2 Å². The van der Waals surface area contributed by atoms with Crippen molar-refractivity contribution in [2.45, 2.75) is 104 Å². The Morgan fingerprint density at radius 2 is 1.72 bits per heavy atom. The summed E-state index contributed by atoms with van der Waals surface area (Å²) in [4.78, 5) is 57.8. The number of halogens is 1. The molecule has 7 atom stereocenters. The van der Waals surface area contributed by atoms with Crippen LogP contribution < -0.4 is 10.6 Å². The van der Waals surface area contributed by atoms with Gasteiger partial charge in [-0.15, -0.1) is 0 Å². The van der Waals surface area contributed by atoms with E-state index in [2.05, 4.69) is 26.6 Å². The summed E-state index contributed by atoms with van der Waals surface area (Å²) in [6.45, 7) is 12.1. The van der Waals surface area contributed by atoms with Crippen molar-refractivity contribution in [2.24, 2.45) is 11.8 Å². The lowest BCUT2D eigenvalue weighted by Crippen LogP contribution is -2.61. The third-order valence-electron chi connectivity index (χ3n) is 9.89. The van der Waals surface area contributed by atoms with Gasteiger partial charge in [-0.05, 0) is 84.8 Å². The van der Waals surface area contributed by atoms with E-state index in [0.717, 1.165) is 5.57 Å². The highest BCUT2D eigenvalue weighted by Gasteiger charge is 2.41. The summed E-state index contributed by atoms with van der Waals surface area (Å²) in [7, 11) is 3.16. The molecular weight excluding hydrogens is 754 g/mol. The van der Waals surface area contributed by atoms with Gasteiger partial charge in [0.1, 0.15) is 23.9 Å². The van der Waals surface area contributed by atoms with E-state index in [1.54, 1.807) is 39.3 Å². The number of phenolic OH excluding ortho intramolecular Hbond substituents is 1.